The van der Waals surface area contributed by atoms with Crippen molar-refractivity contribution in [2.24, 2.45) is 0 Å². The van der Waals surface area contributed by atoms with Crippen LogP contribution in [0.1, 0.15) is 17.5 Å². The van der Waals surface area contributed by atoms with Gasteiger partial charge < -0.3 is 20.5 Å². The maximum absolute atomic E-state index is 6.21. The minimum Gasteiger partial charge on any atom is -0.437 e. The number of benzene rings is 1. The highest BCUT2D eigenvalue weighted by atomic mass is 35.5. The Kier molecular flexibility index (Phi) is 6.71. The van der Waals surface area contributed by atoms with Gasteiger partial charge in [-0.3, -0.25) is 4.90 Å². The maximum Gasteiger partial charge on any atom is 0.248 e. The second-order valence-corrected chi connectivity index (χ2v) is 7.03. The van der Waals surface area contributed by atoms with Crippen LogP contribution in [0.15, 0.2) is 18.5 Å². The highest BCUT2D eigenvalue weighted by molar-refractivity contribution is 6.32. The second kappa shape index (κ2) is 9.21. The number of nitrogens with zero attached hydrogens (tertiary/aromatic N) is 3. The molecule has 1 saturated heterocycles. The number of halogens is 1. The van der Waals surface area contributed by atoms with E-state index in [0.29, 0.717) is 23.1 Å². The number of aryl methyl sites for hydroxylation is 2. The third kappa shape index (κ3) is 5.22. The van der Waals surface area contributed by atoms with Crippen LogP contribution in [0, 0.1) is 13.8 Å². The van der Waals surface area contributed by atoms with E-state index in [1.807, 2.05) is 26.0 Å². The molecule has 0 atom stereocenters. The number of anilines is 2. The molecule has 1 aliphatic rings. The summed E-state index contributed by atoms with van der Waals surface area (Å²) in [6, 6.07) is 3.73. The van der Waals surface area contributed by atoms with Gasteiger partial charge in [0.2, 0.25) is 5.88 Å². The minimum absolute atomic E-state index is 0.335. The zero-order valence-corrected chi connectivity index (χ0v) is 16.6. The van der Waals surface area contributed by atoms with E-state index in [-0.39, 0.29) is 0 Å². The summed E-state index contributed by atoms with van der Waals surface area (Å²) in [5.41, 5.74) is 8.48. The van der Waals surface area contributed by atoms with Gasteiger partial charge in [0.05, 0.1) is 13.2 Å². The first-order chi connectivity index (χ1) is 13.0. The standard InChI is InChI=1S/C19H26ClN5O2/c1-13-10-15(11-14(2)16(13)20)27-19-17(21)18(23-12-24-19)22-4-3-5-25-6-8-26-9-7-25/h10-12H,3-9,21H2,1-2H3,(H,22,23,24). The first-order valence-electron chi connectivity index (χ1n) is 9.13. The summed E-state index contributed by atoms with van der Waals surface area (Å²) in [7, 11) is 0. The molecule has 0 radical (unpaired) electrons. The van der Waals surface area contributed by atoms with Gasteiger partial charge in [-0.1, -0.05) is 11.6 Å². The quantitative estimate of drug-likeness (QED) is 0.700. The summed E-state index contributed by atoms with van der Waals surface area (Å²) in [6.07, 6.45) is 2.45. The van der Waals surface area contributed by atoms with Crippen molar-refractivity contribution in [2.75, 3.05) is 50.4 Å². The molecule has 3 rings (SSSR count). The Labute approximate surface area is 164 Å². The Morgan fingerprint density at radius 2 is 1.93 bits per heavy atom. The lowest BCUT2D eigenvalue weighted by molar-refractivity contribution is 0.0378. The first-order valence-corrected chi connectivity index (χ1v) is 9.51. The zero-order valence-electron chi connectivity index (χ0n) is 15.8. The normalized spacial score (nSPS) is 14.9. The van der Waals surface area contributed by atoms with Crippen molar-refractivity contribution in [3.63, 3.8) is 0 Å². The van der Waals surface area contributed by atoms with Crippen LogP contribution < -0.4 is 15.8 Å². The Morgan fingerprint density at radius 1 is 1.22 bits per heavy atom. The molecular weight excluding hydrogens is 366 g/mol. The van der Waals surface area contributed by atoms with E-state index >= 15 is 0 Å². The predicted octanol–water partition coefficient (Wildman–Crippen LogP) is 3.26. The lowest BCUT2D eigenvalue weighted by atomic mass is 10.1. The van der Waals surface area contributed by atoms with Gasteiger partial charge in [0.25, 0.3) is 0 Å². The third-order valence-corrected chi connectivity index (χ3v) is 5.12. The number of ether oxygens (including phenoxy) is 2. The summed E-state index contributed by atoms with van der Waals surface area (Å²) in [5.74, 6) is 1.57. The molecule has 0 bridgehead atoms. The van der Waals surface area contributed by atoms with Gasteiger partial charge in [0.1, 0.15) is 17.8 Å². The Bertz CT molecular complexity index is 758. The molecule has 0 amide bonds. The molecule has 0 unspecified atom stereocenters. The number of hydrogen-bond acceptors (Lipinski definition) is 7. The summed E-state index contributed by atoms with van der Waals surface area (Å²) in [6.45, 7) is 9.29. The SMILES string of the molecule is Cc1cc(Oc2ncnc(NCCCN3CCOCC3)c2N)cc(C)c1Cl. The Hall–Kier alpha value is -2.09. The molecule has 1 aromatic heterocycles. The summed E-state index contributed by atoms with van der Waals surface area (Å²) >= 11 is 6.21. The van der Waals surface area contributed by atoms with Gasteiger partial charge >= 0.3 is 0 Å². The van der Waals surface area contributed by atoms with Gasteiger partial charge in [-0.2, -0.15) is 4.98 Å². The molecule has 3 N–H and O–H groups in total. The molecule has 27 heavy (non-hydrogen) atoms. The van der Waals surface area contributed by atoms with Crippen molar-refractivity contribution in [3.05, 3.63) is 34.6 Å². The van der Waals surface area contributed by atoms with Gasteiger partial charge in [0.15, 0.2) is 5.82 Å². The molecule has 2 heterocycles. The topological polar surface area (TPSA) is 85.5 Å². The fourth-order valence-electron chi connectivity index (χ4n) is 3.01. The molecule has 146 valence electrons. The van der Waals surface area contributed by atoms with Crippen LogP contribution in [0.2, 0.25) is 5.02 Å². The molecule has 1 aliphatic heterocycles. The molecule has 0 saturated carbocycles. The number of nitrogen functional groups attached to an aromatic ring is 1. The van der Waals surface area contributed by atoms with Crippen molar-refractivity contribution in [2.45, 2.75) is 20.3 Å². The van der Waals surface area contributed by atoms with Crippen LogP contribution in [0.5, 0.6) is 11.6 Å². The summed E-state index contributed by atoms with van der Waals surface area (Å²) < 4.78 is 11.2. The largest absolute Gasteiger partial charge is 0.437 e. The monoisotopic (exact) mass is 391 g/mol. The lowest BCUT2D eigenvalue weighted by Crippen LogP contribution is -2.37. The average Bonchev–Trinajstić information content (AvgIpc) is 2.67. The van der Waals surface area contributed by atoms with Gasteiger partial charge in [-0.25, -0.2) is 4.98 Å². The number of nitrogens with one attached hydrogen (secondary N) is 1. The van der Waals surface area contributed by atoms with E-state index < -0.39 is 0 Å². The highest BCUT2D eigenvalue weighted by Gasteiger charge is 2.13. The number of rotatable bonds is 7. The number of aromatic nitrogens is 2. The van der Waals surface area contributed by atoms with E-state index in [0.717, 1.165) is 62.0 Å². The van der Waals surface area contributed by atoms with Gasteiger partial charge in [-0.15, -0.1) is 0 Å². The molecule has 2 aromatic rings. The maximum atomic E-state index is 6.21. The number of nitrogens with two attached hydrogens (primary N) is 1. The van der Waals surface area contributed by atoms with Crippen molar-refractivity contribution in [1.82, 2.24) is 14.9 Å². The van der Waals surface area contributed by atoms with E-state index in [1.165, 1.54) is 6.33 Å². The number of hydrogen-bond donors (Lipinski definition) is 2. The van der Waals surface area contributed by atoms with Crippen molar-refractivity contribution in [3.8, 4) is 11.6 Å². The van der Waals surface area contributed by atoms with Crippen LogP contribution in [0.3, 0.4) is 0 Å². The molecule has 1 fully saturated rings. The molecule has 0 aliphatic carbocycles. The number of morpholine rings is 1. The van der Waals surface area contributed by atoms with E-state index in [4.69, 9.17) is 26.8 Å². The third-order valence-electron chi connectivity index (χ3n) is 4.52. The van der Waals surface area contributed by atoms with Crippen molar-refractivity contribution >= 4 is 23.1 Å². The molecule has 1 aromatic carbocycles. The van der Waals surface area contributed by atoms with Gasteiger partial charge in [-0.05, 0) is 50.1 Å². The molecule has 7 nitrogen and oxygen atoms in total. The van der Waals surface area contributed by atoms with Crippen LogP contribution in [-0.4, -0.2) is 54.3 Å². The zero-order chi connectivity index (χ0) is 19.2. The van der Waals surface area contributed by atoms with Crippen molar-refractivity contribution in [1.29, 1.82) is 0 Å². The molecule has 8 heteroatoms. The van der Waals surface area contributed by atoms with Crippen molar-refractivity contribution < 1.29 is 9.47 Å². The van der Waals surface area contributed by atoms with E-state index in [2.05, 4.69) is 20.2 Å². The fraction of sp³-hybridized carbons (Fsp3) is 0.474. The first kappa shape index (κ1) is 19.7. The summed E-state index contributed by atoms with van der Waals surface area (Å²) in [5, 5.41) is 4.01. The van der Waals surface area contributed by atoms with Crippen LogP contribution >= 0.6 is 11.6 Å². The second-order valence-electron chi connectivity index (χ2n) is 6.65. The predicted molar refractivity (Wildman–Crippen MR) is 108 cm³/mol. The molecule has 0 spiro atoms. The van der Waals surface area contributed by atoms with E-state index in [1.54, 1.807) is 0 Å². The summed E-state index contributed by atoms with van der Waals surface area (Å²) in [4.78, 5) is 10.8. The van der Waals surface area contributed by atoms with Gasteiger partial charge in [0, 0.05) is 24.7 Å². The minimum atomic E-state index is 0.335. The van der Waals surface area contributed by atoms with E-state index in [9.17, 15) is 0 Å². The Morgan fingerprint density at radius 3 is 2.63 bits per heavy atom. The fourth-order valence-corrected chi connectivity index (χ4v) is 3.12. The smallest absolute Gasteiger partial charge is 0.248 e. The van der Waals surface area contributed by atoms with Crippen LogP contribution in [-0.2, 0) is 4.74 Å². The molecular formula is C19H26ClN5O2. The van der Waals surface area contributed by atoms with Crippen LogP contribution in [0.25, 0.3) is 0 Å². The highest BCUT2D eigenvalue weighted by Crippen LogP contribution is 2.32. The lowest BCUT2D eigenvalue weighted by Gasteiger charge is -2.26. The average molecular weight is 392 g/mol. The van der Waals surface area contributed by atoms with Crippen LogP contribution in [0.4, 0.5) is 11.5 Å². The Balaban J connectivity index is 1.58.